The standard InChI is InChI=1S/C12H19NO2/c1-9(14)12(2,8-13)7-10-4-3-5-11(15)6-10/h3-6,9,14-15H,7-8,13H2,1-2H3. The molecule has 2 atom stereocenters. The van der Waals surface area contributed by atoms with Crippen LogP contribution in [0.3, 0.4) is 0 Å². The molecule has 2 unspecified atom stereocenters. The van der Waals surface area contributed by atoms with Crippen molar-refractivity contribution in [3.63, 3.8) is 0 Å². The van der Waals surface area contributed by atoms with E-state index in [1.807, 2.05) is 13.0 Å². The maximum absolute atomic E-state index is 9.66. The van der Waals surface area contributed by atoms with E-state index >= 15 is 0 Å². The van der Waals surface area contributed by atoms with E-state index in [0.29, 0.717) is 13.0 Å². The Labute approximate surface area is 90.5 Å². The third-order valence-corrected chi connectivity index (χ3v) is 2.99. The summed E-state index contributed by atoms with van der Waals surface area (Å²) in [6.07, 6.45) is 0.195. The first kappa shape index (κ1) is 12.0. The Morgan fingerprint density at radius 3 is 2.60 bits per heavy atom. The number of aliphatic hydroxyl groups excluding tert-OH is 1. The van der Waals surface area contributed by atoms with E-state index in [0.717, 1.165) is 5.56 Å². The summed E-state index contributed by atoms with van der Waals surface area (Å²) >= 11 is 0. The highest BCUT2D eigenvalue weighted by atomic mass is 16.3. The first-order valence-corrected chi connectivity index (χ1v) is 5.14. The second-order valence-electron chi connectivity index (χ2n) is 4.38. The van der Waals surface area contributed by atoms with Gasteiger partial charge in [-0.2, -0.15) is 0 Å². The Balaban J connectivity index is 2.84. The molecule has 1 aromatic carbocycles. The zero-order valence-electron chi connectivity index (χ0n) is 9.27. The molecule has 0 bridgehead atoms. The van der Waals surface area contributed by atoms with Gasteiger partial charge in [-0.15, -0.1) is 0 Å². The van der Waals surface area contributed by atoms with Crippen molar-refractivity contribution in [2.75, 3.05) is 6.54 Å². The quantitative estimate of drug-likeness (QED) is 0.700. The Kier molecular flexibility index (Phi) is 3.72. The maximum atomic E-state index is 9.66. The summed E-state index contributed by atoms with van der Waals surface area (Å²) in [7, 11) is 0. The van der Waals surface area contributed by atoms with Crippen molar-refractivity contribution in [1.29, 1.82) is 0 Å². The minimum atomic E-state index is -0.468. The second-order valence-corrected chi connectivity index (χ2v) is 4.38. The Hall–Kier alpha value is -1.06. The molecule has 0 amide bonds. The highest BCUT2D eigenvalue weighted by Gasteiger charge is 2.28. The third-order valence-electron chi connectivity index (χ3n) is 2.99. The van der Waals surface area contributed by atoms with E-state index in [-0.39, 0.29) is 11.2 Å². The van der Waals surface area contributed by atoms with Crippen molar-refractivity contribution >= 4 is 0 Å². The van der Waals surface area contributed by atoms with Crippen LogP contribution in [0.15, 0.2) is 24.3 Å². The Bertz CT molecular complexity index is 325. The van der Waals surface area contributed by atoms with Gasteiger partial charge in [-0.3, -0.25) is 0 Å². The topological polar surface area (TPSA) is 66.5 Å². The van der Waals surface area contributed by atoms with E-state index in [1.54, 1.807) is 25.1 Å². The summed E-state index contributed by atoms with van der Waals surface area (Å²) < 4.78 is 0. The van der Waals surface area contributed by atoms with Crippen LogP contribution in [0.1, 0.15) is 19.4 Å². The van der Waals surface area contributed by atoms with Gasteiger partial charge >= 0.3 is 0 Å². The van der Waals surface area contributed by atoms with Crippen molar-refractivity contribution in [2.45, 2.75) is 26.4 Å². The summed E-state index contributed by atoms with van der Waals surface area (Å²) in [5.74, 6) is 0.248. The largest absolute Gasteiger partial charge is 0.508 e. The number of nitrogens with two attached hydrogens (primary N) is 1. The van der Waals surface area contributed by atoms with Crippen LogP contribution in [0.4, 0.5) is 0 Å². The van der Waals surface area contributed by atoms with E-state index in [2.05, 4.69) is 0 Å². The second kappa shape index (κ2) is 4.64. The van der Waals surface area contributed by atoms with Crippen molar-refractivity contribution in [2.24, 2.45) is 11.1 Å². The van der Waals surface area contributed by atoms with Gasteiger partial charge in [0.2, 0.25) is 0 Å². The highest BCUT2D eigenvalue weighted by molar-refractivity contribution is 5.28. The fraction of sp³-hybridized carbons (Fsp3) is 0.500. The monoisotopic (exact) mass is 209 g/mol. The van der Waals surface area contributed by atoms with Gasteiger partial charge in [0.05, 0.1) is 6.10 Å². The van der Waals surface area contributed by atoms with Gasteiger partial charge in [0.15, 0.2) is 0 Å². The van der Waals surface area contributed by atoms with Gasteiger partial charge in [0.1, 0.15) is 5.75 Å². The average molecular weight is 209 g/mol. The first-order chi connectivity index (χ1) is 6.98. The number of aliphatic hydroxyl groups is 1. The molecule has 0 spiro atoms. The van der Waals surface area contributed by atoms with Crippen molar-refractivity contribution in [3.05, 3.63) is 29.8 Å². The minimum Gasteiger partial charge on any atom is -0.508 e. The van der Waals surface area contributed by atoms with Crippen LogP contribution in [0.2, 0.25) is 0 Å². The fourth-order valence-corrected chi connectivity index (χ4v) is 1.52. The average Bonchev–Trinajstić information content (AvgIpc) is 2.17. The Morgan fingerprint density at radius 1 is 1.47 bits per heavy atom. The van der Waals surface area contributed by atoms with Crippen LogP contribution in [0, 0.1) is 5.41 Å². The normalized spacial score (nSPS) is 17.1. The number of aromatic hydroxyl groups is 1. The van der Waals surface area contributed by atoms with Crippen molar-refractivity contribution in [1.82, 2.24) is 0 Å². The molecule has 1 aromatic rings. The van der Waals surface area contributed by atoms with E-state index in [4.69, 9.17) is 5.73 Å². The maximum Gasteiger partial charge on any atom is 0.115 e. The summed E-state index contributed by atoms with van der Waals surface area (Å²) in [5, 5.41) is 19.0. The minimum absolute atomic E-state index is 0.248. The molecule has 4 N–H and O–H groups in total. The van der Waals surface area contributed by atoms with Crippen LogP contribution in [0.5, 0.6) is 5.75 Å². The molecule has 3 nitrogen and oxygen atoms in total. The molecule has 84 valence electrons. The van der Waals surface area contributed by atoms with Gasteiger partial charge in [-0.1, -0.05) is 19.1 Å². The first-order valence-electron chi connectivity index (χ1n) is 5.14. The summed E-state index contributed by atoms with van der Waals surface area (Å²) in [6, 6.07) is 7.06. The molecule has 1 rings (SSSR count). The molecule has 0 aromatic heterocycles. The van der Waals surface area contributed by atoms with Gasteiger partial charge in [0.25, 0.3) is 0 Å². The molecule has 0 fully saturated rings. The van der Waals surface area contributed by atoms with E-state index in [9.17, 15) is 10.2 Å². The summed E-state index contributed by atoms with van der Waals surface area (Å²) in [4.78, 5) is 0. The lowest BCUT2D eigenvalue weighted by atomic mass is 9.79. The molecule has 15 heavy (non-hydrogen) atoms. The van der Waals surface area contributed by atoms with Crippen LogP contribution < -0.4 is 5.73 Å². The van der Waals surface area contributed by atoms with Gasteiger partial charge in [-0.05, 0) is 31.0 Å². The number of hydrogen-bond acceptors (Lipinski definition) is 3. The van der Waals surface area contributed by atoms with Gasteiger partial charge in [-0.25, -0.2) is 0 Å². The Morgan fingerprint density at radius 2 is 2.13 bits per heavy atom. The lowest BCUT2D eigenvalue weighted by Gasteiger charge is -2.31. The number of phenols is 1. The van der Waals surface area contributed by atoms with Crippen LogP contribution in [-0.4, -0.2) is 22.9 Å². The summed E-state index contributed by atoms with van der Waals surface area (Å²) in [5.41, 5.74) is 6.32. The van der Waals surface area contributed by atoms with E-state index < -0.39 is 6.10 Å². The zero-order chi connectivity index (χ0) is 11.5. The number of phenolic OH excluding ortho intramolecular Hbond substituents is 1. The molecule has 0 heterocycles. The predicted molar refractivity (Wildman–Crippen MR) is 60.7 cm³/mol. The van der Waals surface area contributed by atoms with Gasteiger partial charge < -0.3 is 15.9 Å². The molecule has 0 saturated heterocycles. The predicted octanol–water partition coefficient (Wildman–Crippen LogP) is 1.28. The highest BCUT2D eigenvalue weighted by Crippen LogP contribution is 2.26. The molecule has 0 aliphatic heterocycles. The zero-order valence-corrected chi connectivity index (χ0v) is 9.27. The molecule has 0 radical (unpaired) electrons. The molecule has 3 heteroatoms. The SMILES string of the molecule is CC(O)C(C)(CN)Cc1cccc(O)c1. The third kappa shape index (κ3) is 2.94. The lowest BCUT2D eigenvalue weighted by Crippen LogP contribution is -2.39. The summed E-state index contributed by atoms with van der Waals surface area (Å²) in [6.45, 7) is 4.11. The molecular weight excluding hydrogens is 190 g/mol. The molecule has 0 saturated carbocycles. The van der Waals surface area contributed by atoms with Gasteiger partial charge in [0, 0.05) is 12.0 Å². The van der Waals surface area contributed by atoms with Crippen LogP contribution in [-0.2, 0) is 6.42 Å². The van der Waals surface area contributed by atoms with Crippen molar-refractivity contribution in [3.8, 4) is 5.75 Å². The molecule has 0 aliphatic rings. The molecule has 0 aliphatic carbocycles. The number of benzene rings is 1. The fourth-order valence-electron chi connectivity index (χ4n) is 1.52. The van der Waals surface area contributed by atoms with E-state index in [1.165, 1.54) is 0 Å². The molecular formula is C12H19NO2. The van der Waals surface area contributed by atoms with Crippen molar-refractivity contribution < 1.29 is 10.2 Å². The smallest absolute Gasteiger partial charge is 0.115 e. The lowest BCUT2D eigenvalue weighted by molar-refractivity contribution is 0.0588. The van der Waals surface area contributed by atoms with Crippen LogP contribution in [0.25, 0.3) is 0 Å². The van der Waals surface area contributed by atoms with Crippen LogP contribution >= 0.6 is 0 Å². The number of hydrogen-bond donors (Lipinski definition) is 3. The number of rotatable bonds is 4.